The third-order valence-electron chi connectivity index (χ3n) is 5.39. The molecule has 0 bridgehead atoms. The van der Waals surface area contributed by atoms with Gasteiger partial charge in [-0.15, -0.1) is 0 Å². The quantitative estimate of drug-likeness (QED) is 0.710. The molecule has 1 saturated carbocycles. The molecule has 1 aromatic rings. The predicted molar refractivity (Wildman–Crippen MR) is 98.1 cm³/mol. The summed E-state index contributed by atoms with van der Waals surface area (Å²) in [7, 11) is 0. The van der Waals surface area contributed by atoms with Crippen molar-refractivity contribution in [2.24, 2.45) is 0 Å². The molecule has 134 valence electrons. The van der Waals surface area contributed by atoms with E-state index in [1.54, 1.807) is 0 Å². The maximum Gasteiger partial charge on any atom is 0.315 e. The van der Waals surface area contributed by atoms with Crippen molar-refractivity contribution in [3.8, 4) is 0 Å². The second-order valence-corrected chi connectivity index (χ2v) is 7.26. The Balaban J connectivity index is 2.04. The zero-order valence-electron chi connectivity index (χ0n) is 15.3. The molecule has 2 amide bonds. The minimum atomic E-state index is -0.456. The van der Waals surface area contributed by atoms with Crippen molar-refractivity contribution in [1.82, 2.24) is 10.6 Å². The number of carbonyl (C=O) groups is 1. The first-order valence-electron chi connectivity index (χ1n) is 9.26. The van der Waals surface area contributed by atoms with Gasteiger partial charge in [0, 0.05) is 0 Å². The van der Waals surface area contributed by atoms with Crippen LogP contribution in [0.3, 0.4) is 0 Å². The minimum Gasteiger partial charge on any atom is -0.394 e. The van der Waals surface area contributed by atoms with E-state index in [-0.39, 0.29) is 18.7 Å². The zero-order chi connectivity index (χ0) is 17.6. The van der Waals surface area contributed by atoms with Gasteiger partial charge in [-0.1, -0.05) is 50.8 Å². The van der Waals surface area contributed by atoms with E-state index in [0.29, 0.717) is 0 Å². The van der Waals surface area contributed by atoms with Crippen LogP contribution in [0.25, 0.3) is 0 Å². The summed E-state index contributed by atoms with van der Waals surface area (Å²) in [5.74, 6) is 0. The fourth-order valence-electron chi connectivity index (χ4n) is 3.57. The molecule has 1 unspecified atom stereocenters. The lowest BCUT2D eigenvalue weighted by atomic mass is 9.91. The summed E-state index contributed by atoms with van der Waals surface area (Å²) in [5.41, 5.74) is 3.18. The molecule has 0 aromatic heterocycles. The monoisotopic (exact) mass is 332 g/mol. The number of aryl methyl sites for hydroxylation is 2. The van der Waals surface area contributed by atoms with E-state index in [1.807, 2.05) is 0 Å². The Hall–Kier alpha value is -1.55. The number of aliphatic hydroxyl groups is 1. The predicted octanol–water partition coefficient (Wildman–Crippen LogP) is 4.14. The Kier molecular flexibility index (Phi) is 6.67. The first-order chi connectivity index (χ1) is 11.5. The molecule has 0 aliphatic heterocycles. The van der Waals surface area contributed by atoms with Crippen LogP contribution in [-0.4, -0.2) is 23.3 Å². The van der Waals surface area contributed by atoms with Gasteiger partial charge in [0.05, 0.1) is 18.2 Å². The van der Waals surface area contributed by atoms with Crippen LogP contribution in [0.2, 0.25) is 0 Å². The highest BCUT2D eigenvalue weighted by atomic mass is 16.3. The molecule has 1 aliphatic carbocycles. The highest BCUT2D eigenvalue weighted by molar-refractivity contribution is 5.75. The van der Waals surface area contributed by atoms with Crippen LogP contribution < -0.4 is 10.6 Å². The first-order valence-corrected chi connectivity index (χ1v) is 9.26. The summed E-state index contributed by atoms with van der Waals surface area (Å²) in [4.78, 5) is 12.5. The SMILES string of the molecule is CCC(NC(=O)NC1(CO)CCCCCC1)c1ccc(C)c(C)c1. The van der Waals surface area contributed by atoms with Crippen LogP contribution in [0.4, 0.5) is 4.79 Å². The van der Waals surface area contributed by atoms with Crippen LogP contribution in [0.5, 0.6) is 0 Å². The van der Waals surface area contributed by atoms with E-state index < -0.39 is 5.54 Å². The second kappa shape index (κ2) is 8.52. The Morgan fingerprint density at radius 2 is 1.83 bits per heavy atom. The number of benzene rings is 1. The molecule has 1 aromatic carbocycles. The molecule has 0 spiro atoms. The van der Waals surface area contributed by atoms with Crippen LogP contribution >= 0.6 is 0 Å². The first kappa shape index (κ1) is 18.8. The molecule has 4 heteroatoms. The van der Waals surface area contributed by atoms with E-state index in [0.717, 1.165) is 37.7 Å². The number of aliphatic hydroxyl groups excluding tert-OH is 1. The van der Waals surface area contributed by atoms with E-state index in [4.69, 9.17) is 0 Å². The van der Waals surface area contributed by atoms with Gasteiger partial charge < -0.3 is 15.7 Å². The maximum atomic E-state index is 12.5. The van der Waals surface area contributed by atoms with Gasteiger partial charge in [-0.2, -0.15) is 0 Å². The van der Waals surface area contributed by atoms with Gasteiger partial charge in [-0.25, -0.2) is 4.79 Å². The molecule has 1 aliphatic rings. The summed E-state index contributed by atoms with van der Waals surface area (Å²) in [5, 5.41) is 16.0. The largest absolute Gasteiger partial charge is 0.394 e. The minimum absolute atomic E-state index is 0.00850. The number of rotatable bonds is 5. The van der Waals surface area contributed by atoms with Crippen LogP contribution in [0.1, 0.15) is 74.6 Å². The normalized spacial score (nSPS) is 18.5. The molecular weight excluding hydrogens is 300 g/mol. The fourth-order valence-corrected chi connectivity index (χ4v) is 3.57. The third kappa shape index (κ3) is 4.73. The van der Waals surface area contributed by atoms with Crippen molar-refractivity contribution in [3.63, 3.8) is 0 Å². The summed E-state index contributed by atoms with van der Waals surface area (Å²) in [6.45, 7) is 6.28. The number of carbonyl (C=O) groups excluding carboxylic acids is 1. The van der Waals surface area contributed by atoms with E-state index >= 15 is 0 Å². The average Bonchev–Trinajstić information content (AvgIpc) is 2.81. The van der Waals surface area contributed by atoms with Gasteiger partial charge in [0.2, 0.25) is 0 Å². The molecule has 0 heterocycles. The van der Waals surface area contributed by atoms with Crippen molar-refractivity contribution >= 4 is 6.03 Å². The molecule has 3 N–H and O–H groups in total. The number of hydrogen-bond donors (Lipinski definition) is 3. The van der Waals surface area contributed by atoms with E-state index in [2.05, 4.69) is 49.6 Å². The second-order valence-electron chi connectivity index (χ2n) is 7.26. The van der Waals surface area contributed by atoms with Gasteiger partial charge in [0.1, 0.15) is 0 Å². The maximum absolute atomic E-state index is 12.5. The molecule has 0 radical (unpaired) electrons. The van der Waals surface area contributed by atoms with Crippen molar-refractivity contribution in [3.05, 3.63) is 34.9 Å². The lowest BCUT2D eigenvalue weighted by Crippen LogP contribution is -2.54. The molecule has 4 nitrogen and oxygen atoms in total. The Morgan fingerprint density at radius 1 is 1.17 bits per heavy atom. The Morgan fingerprint density at radius 3 is 2.38 bits per heavy atom. The smallest absolute Gasteiger partial charge is 0.315 e. The molecule has 2 rings (SSSR count). The van der Waals surface area contributed by atoms with Crippen LogP contribution in [-0.2, 0) is 0 Å². The summed E-state index contributed by atoms with van der Waals surface area (Å²) in [6, 6.07) is 6.16. The van der Waals surface area contributed by atoms with Crippen LogP contribution in [0, 0.1) is 13.8 Å². The Labute approximate surface area is 146 Å². The van der Waals surface area contributed by atoms with Crippen molar-refractivity contribution in [2.45, 2.75) is 77.3 Å². The standard InChI is InChI=1S/C20H32N2O2/c1-4-18(17-10-9-15(2)16(3)13-17)21-19(24)22-20(14-23)11-7-5-6-8-12-20/h9-10,13,18,23H,4-8,11-12,14H2,1-3H3,(H2,21,22,24). The highest BCUT2D eigenvalue weighted by Gasteiger charge is 2.32. The molecule has 0 saturated heterocycles. The lowest BCUT2D eigenvalue weighted by Gasteiger charge is -2.33. The van der Waals surface area contributed by atoms with Crippen molar-refractivity contribution < 1.29 is 9.90 Å². The summed E-state index contributed by atoms with van der Waals surface area (Å²) in [6.07, 6.45) is 7.05. The van der Waals surface area contributed by atoms with Gasteiger partial charge in [-0.3, -0.25) is 0 Å². The van der Waals surface area contributed by atoms with Gasteiger partial charge in [-0.05, 0) is 49.8 Å². The molecule has 24 heavy (non-hydrogen) atoms. The molecular formula is C20H32N2O2. The average molecular weight is 332 g/mol. The third-order valence-corrected chi connectivity index (χ3v) is 5.39. The number of nitrogens with one attached hydrogen (secondary N) is 2. The van der Waals surface area contributed by atoms with E-state index in [1.165, 1.54) is 24.0 Å². The number of urea groups is 1. The number of amides is 2. The number of hydrogen-bond acceptors (Lipinski definition) is 2. The van der Waals surface area contributed by atoms with Gasteiger partial charge >= 0.3 is 6.03 Å². The fraction of sp³-hybridized carbons (Fsp3) is 0.650. The van der Waals surface area contributed by atoms with Crippen molar-refractivity contribution in [1.29, 1.82) is 0 Å². The van der Waals surface area contributed by atoms with Crippen LogP contribution in [0.15, 0.2) is 18.2 Å². The summed E-state index contributed by atoms with van der Waals surface area (Å²) < 4.78 is 0. The highest BCUT2D eigenvalue weighted by Crippen LogP contribution is 2.27. The summed E-state index contributed by atoms with van der Waals surface area (Å²) >= 11 is 0. The lowest BCUT2D eigenvalue weighted by molar-refractivity contribution is 0.144. The molecule has 1 atom stereocenters. The molecule has 1 fully saturated rings. The topological polar surface area (TPSA) is 61.4 Å². The Bertz CT molecular complexity index is 549. The van der Waals surface area contributed by atoms with E-state index in [9.17, 15) is 9.90 Å². The van der Waals surface area contributed by atoms with Gasteiger partial charge in [0.15, 0.2) is 0 Å². The van der Waals surface area contributed by atoms with Crippen molar-refractivity contribution in [2.75, 3.05) is 6.61 Å². The van der Waals surface area contributed by atoms with Gasteiger partial charge in [0.25, 0.3) is 0 Å². The zero-order valence-corrected chi connectivity index (χ0v) is 15.3.